The summed E-state index contributed by atoms with van der Waals surface area (Å²) >= 11 is 5.76. The predicted molar refractivity (Wildman–Crippen MR) is 75.6 cm³/mol. The SMILES string of the molecule is C[C@@H]1CCCN(S(=O)(=O)c2ccc(Cl)c(C(=O)O)c2)C1. The average Bonchev–Trinajstić information content (AvgIpc) is 2.38. The molecule has 1 saturated heterocycles. The Hall–Kier alpha value is -1.11. The minimum Gasteiger partial charge on any atom is -0.478 e. The Labute approximate surface area is 123 Å². The molecule has 1 heterocycles. The van der Waals surface area contributed by atoms with Crippen molar-refractivity contribution in [3.8, 4) is 0 Å². The van der Waals surface area contributed by atoms with Gasteiger partial charge in [-0.25, -0.2) is 13.2 Å². The highest BCUT2D eigenvalue weighted by molar-refractivity contribution is 7.89. The molecule has 1 aliphatic rings. The Morgan fingerprint density at radius 2 is 2.15 bits per heavy atom. The van der Waals surface area contributed by atoms with Crippen molar-refractivity contribution in [3.63, 3.8) is 0 Å². The van der Waals surface area contributed by atoms with Crippen molar-refractivity contribution in [2.75, 3.05) is 13.1 Å². The molecule has 1 aromatic carbocycles. The Kier molecular flexibility index (Phi) is 4.36. The molecule has 2 rings (SSSR count). The van der Waals surface area contributed by atoms with Crippen molar-refractivity contribution in [2.45, 2.75) is 24.7 Å². The number of hydrogen-bond acceptors (Lipinski definition) is 3. The molecule has 20 heavy (non-hydrogen) atoms. The van der Waals surface area contributed by atoms with Gasteiger partial charge in [-0.05, 0) is 37.0 Å². The third-order valence-corrected chi connectivity index (χ3v) is 5.62. The van der Waals surface area contributed by atoms with E-state index in [0.717, 1.165) is 18.9 Å². The van der Waals surface area contributed by atoms with Gasteiger partial charge in [-0.15, -0.1) is 0 Å². The van der Waals surface area contributed by atoms with Crippen LogP contribution in [0.25, 0.3) is 0 Å². The van der Waals surface area contributed by atoms with E-state index in [1.807, 2.05) is 6.92 Å². The third-order valence-electron chi connectivity index (χ3n) is 3.43. The van der Waals surface area contributed by atoms with Gasteiger partial charge in [0, 0.05) is 13.1 Å². The van der Waals surface area contributed by atoms with Gasteiger partial charge in [-0.1, -0.05) is 18.5 Å². The average molecular weight is 318 g/mol. The standard InChI is InChI=1S/C13H16ClNO4S/c1-9-3-2-6-15(8-9)20(18,19)10-4-5-12(14)11(7-10)13(16)17/h4-5,7,9H,2-3,6,8H2,1H3,(H,16,17)/t9-/m1/s1. The van der Waals surface area contributed by atoms with Gasteiger partial charge in [-0.3, -0.25) is 0 Å². The number of rotatable bonds is 3. The molecule has 0 aliphatic carbocycles. The molecule has 5 nitrogen and oxygen atoms in total. The summed E-state index contributed by atoms with van der Waals surface area (Å²) in [5, 5.41) is 9.05. The van der Waals surface area contributed by atoms with Gasteiger partial charge in [0.25, 0.3) is 0 Å². The molecule has 0 saturated carbocycles. The molecular weight excluding hydrogens is 302 g/mol. The van der Waals surface area contributed by atoms with E-state index < -0.39 is 16.0 Å². The maximum absolute atomic E-state index is 12.5. The van der Waals surface area contributed by atoms with Crippen LogP contribution in [0.2, 0.25) is 5.02 Å². The van der Waals surface area contributed by atoms with Crippen LogP contribution in [-0.4, -0.2) is 36.9 Å². The summed E-state index contributed by atoms with van der Waals surface area (Å²) in [5.74, 6) is -0.927. The lowest BCUT2D eigenvalue weighted by Gasteiger charge is -2.30. The molecule has 0 spiro atoms. The molecule has 1 N–H and O–H groups in total. The van der Waals surface area contributed by atoms with Crippen molar-refractivity contribution < 1.29 is 18.3 Å². The second kappa shape index (κ2) is 5.71. The Morgan fingerprint density at radius 3 is 2.75 bits per heavy atom. The molecule has 0 bridgehead atoms. The van der Waals surface area contributed by atoms with E-state index in [2.05, 4.69) is 0 Å². The quantitative estimate of drug-likeness (QED) is 0.929. The van der Waals surface area contributed by atoms with Crippen molar-refractivity contribution in [3.05, 3.63) is 28.8 Å². The fourth-order valence-electron chi connectivity index (χ4n) is 2.34. The van der Waals surface area contributed by atoms with Crippen molar-refractivity contribution in [1.82, 2.24) is 4.31 Å². The number of aromatic carboxylic acids is 1. The Morgan fingerprint density at radius 1 is 1.45 bits per heavy atom. The normalized spacial score (nSPS) is 20.8. The minimum absolute atomic E-state index is 0.0200. The molecule has 7 heteroatoms. The minimum atomic E-state index is -3.66. The van der Waals surface area contributed by atoms with E-state index in [0.29, 0.717) is 19.0 Å². The van der Waals surface area contributed by atoms with Crippen LogP contribution in [0.5, 0.6) is 0 Å². The largest absolute Gasteiger partial charge is 0.478 e. The first-order valence-corrected chi connectivity index (χ1v) is 8.17. The number of carboxylic acid groups (broad SMARTS) is 1. The van der Waals surface area contributed by atoms with Crippen molar-refractivity contribution in [2.24, 2.45) is 5.92 Å². The maximum atomic E-state index is 12.5. The third kappa shape index (κ3) is 2.97. The number of benzene rings is 1. The van der Waals surface area contributed by atoms with Gasteiger partial charge >= 0.3 is 5.97 Å². The second-order valence-electron chi connectivity index (χ2n) is 5.06. The molecule has 0 aromatic heterocycles. The van der Waals surface area contributed by atoms with Crippen LogP contribution < -0.4 is 0 Å². The van der Waals surface area contributed by atoms with Gasteiger partial charge in [-0.2, -0.15) is 4.31 Å². The van der Waals surface area contributed by atoms with Crippen LogP contribution in [0.15, 0.2) is 23.1 Å². The molecule has 0 amide bonds. The van der Waals surface area contributed by atoms with E-state index in [1.54, 1.807) is 0 Å². The first-order valence-electron chi connectivity index (χ1n) is 6.35. The second-order valence-corrected chi connectivity index (χ2v) is 7.40. The van der Waals surface area contributed by atoms with E-state index in [1.165, 1.54) is 16.4 Å². The van der Waals surface area contributed by atoms with E-state index >= 15 is 0 Å². The number of halogens is 1. The molecule has 1 aromatic rings. The van der Waals surface area contributed by atoms with E-state index in [4.69, 9.17) is 16.7 Å². The smallest absolute Gasteiger partial charge is 0.337 e. The fraction of sp³-hybridized carbons (Fsp3) is 0.462. The number of carbonyl (C=O) groups is 1. The monoisotopic (exact) mass is 317 g/mol. The van der Waals surface area contributed by atoms with Crippen LogP contribution in [0.4, 0.5) is 0 Å². The zero-order chi connectivity index (χ0) is 14.9. The number of carboxylic acids is 1. The molecule has 0 radical (unpaired) electrons. The highest BCUT2D eigenvalue weighted by atomic mass is 35.5. The van der Waals surface area contributed by atoms with Gasteiger partial charge in [0.1, 0.15) is 0 Å². The summed E-state index contributed by atoms with van der Waals surface area (Å²) in [6, 6.07) is 3.79. The summed E-state index contributed by atoms with van der Waals surface area (Å²) in [5.41, 5.74) is -0.196. The zero-order valence-corrected chi connectivity index (χ0v) is 12.6. The van der Waals surface area contributed by atoms with Crippen LogP contribution in [0, 0.1) is 5.92 Å². The summed E-state index contributed by atoms with van der Waals surface area (Å²) in [4.78, 5) is 11.0. The molecule has 110 valence electrons. The zero-order valence-electron chi connectivity index (χ0n) is 11.0. The van der Waals surface area contributed by atoms with Crippen LogP contribution in [-0.2, 0) is 10.0 Å². The maximum Gasteiger partial charge on any atom is 0.337 e. The first-order chi connectivity index (χ1) is 9.32. The lowest BCUT2D eigenvalue weighted by molar-refractivity contribution is 0.0697. The first kappa shape index (κ1) is 15.3. The van der Waals surface area contributed by atoms with E-state index in [9.17, 15) is 13.2 Å². The number of piperidine rings is 1. The Balaban J connectivity index is 2.39. The summed E-state index contributed by atoms with van der Waals surface area (Å²) in [7, 11) is -3.66. The van der Waals surface area contributed by atoms with Gasteiger partial charge < -0.3 is 5.11 Å². The topological polar surface area (TPSA) is 74.7 Å². The summed E-state index contributed by atoms with van der Waals surface area (Å²) in [6.45, 7) is 2.94. The predicted octanol–water partition coefficient (Wildman–Crippen LogP) is 2.46. The molecular formula is C13H16ClNO4S. The van der Waals surface area contributed by atoms with Crippen molar-refractivity contribution in [1.29, 1.82) is 0 Å². The molecule has 0 unspecified atom stereocenters. The van der Waals surface area contributed by atoms with Crippen LogP contribution in [0.3, 0.4) is 0 Å². The lowest BCUT2D eigenvalue weighted by Crippen LogP contribution is -2.39. The van der Waals surface area contributed by atoms with Gasteiger partial charge in [0.15, 0.2) is 0 Å². The van der Waals surface area contributed by atoms with Crippen LogP contribution in [0.1, 0.15) is 30.1 Å². The molecule has 1 fully saturated rings. The van der Waals surface area contributed by atoms with Gasteiger partial charge in [0.2, 0.25) is 10.0 Å². The van der Waals surface area contributed by atoms with Gasteiger partial charge in [0.05, 0.1) is 15.5 Å². The highest BCUT2D eigenvalue weighted by Crippen LogP contribution is 2.26. The van der Waals surface area contributed by atoms with Crippen molar-refractivity contribution >= 4 is 27.6 Å². The Bertz CT molecular complexity index is 629. The van der Waals surface area contributed by atoms with Crippen LogP contribution >= 0.6 is 11.6 Å². The van der Waals surface area contributed by atoms with E-state index in [-0.39, 0.29) is 15.5 Å². The summed E-state index contributed by atoms with van der Waals surface area (Å²) in [6.07, 6.45) is 1.83. The highest BCUT2D eigenvalue weighted by Gasteiger charge is 2.29. The molecule has 1 aliphatic heterocycles. The summed E-state index contributed by atoms with van der Waals surface area (Å²) < 4.78 is 26.4. The number of hydrogen-bond donors (Lipinski definition) is 1. The number of nitrogens with zero attached hydrogens (tertiary/aromatic N) is 1. The lowest BCUT2D eigenvalue weighted by atomic mass is 10.0. The number of sulfonamides is 1. The molecule has 1 atom stereocenters. The fourth-order valence-corrected chi connectivity index (χ4v) is 4.17.